The van der Waals surface area contributed by atoms with E-state index in [-0.39, 0.29) is 11.3 Å². The number of fused-ring (bicyclic) bond motifs is 1. The van der Waals surface area contributed by atoms with Crippen LogP contribution >= 0.6 is 0 Å². The third-order valence-electron chi connectivity index (χ3n) is 4.76. The van der Waals surface area contributed by atoms with Crippen molar-refractivity contribution in [2.45, 2.75) is 11.8 Å². The molecule has 1 saturated heterocycles. The van der Waals surface area contributed by atoms with E-state index in [9.17, 15) is 31.5 Å². The Morgan fingerprint density at radius 1 is 0.840 bits per heavy atom. The molecule has 2 atom stereocenters. The first kappa shape index (κ1) is 15.7. The van der Waals surface area contributed by atoms with Crippen molar-refractivity contribution in [3.8, 4) is 0 Å². The average Bonchev–Trinajstić information content (AvgIpc) is 3.34. The van der Waals surface area contributed by atoms with Crippen molar-refractivity contribution in [2.75, 3.05) is 4.90 Å². The van der Waals surface area contributed by atoms with Crippen LogP contribution in [-0.2, 0) is 15.0 Å². The van der Waals surface area contributed by atoms with Crippen molar-refractivity contribution in [1.29, 1.82) is 0 Å². The zero-order valence-electron chi connectivity index (χ0n) is 12.3. The van der Waals surface area contributed by atoms with Gasteiger partial charge in [-0.25, -0.2) is 26.9 Å². The maximum atomic E-state index is 14.0. The van der Waals surface area contributed by atoms with Crippen LogP contribution in [0.1, 0.15) is 12.0 Å². The van der Waals surface area contributed by atoms with Gasteiger partial charge in [-0.3, -0.25) is 9.59 Å². The highest BCUT2D eigenvalue weighted by atomic mass is 19.2. The van der Waals surface area contributed by atoms with Crippen LogP contribution in [0.2, 0.25) is 0 Å². The molecule has 2 aliphatic rings. The molecule has 0 aromatic heterocycles. The maximum absolute atomic E-state index is 14.0. The number of imide groups is 1. The lowest BCUT2D eigenvalue weighted by atomic mass is 9.94. The number of halogens is 5. The second-order valence-corrected chi connectivity index (χ2v) is 5.99. The van der Waals surface area contributed by atoms with Crippen molar-refractivity contribution < 1.29 is 31.5 Å². The molecule has 0 radical (unpaired) electrons. The minimum absolute atomic E-state index is 0.0808. The summed E-state index contributed by atoms with van der Waals surface area (Å²) in [5.74, 6) is -14.0. The minimum Gasteiger partial charge on any atom is -0.274 e. The molecule has 3 nitrogen and oxygen atoms in total. The predicted molar refractivity (Wildman–Crippen MR) is 75.0 cm³/mol. The van der Waals surface area contributed by atoms with Crippen molar-refractivity contribution >= 4 is 17.5 Å². The van der Waals surface area contributed by atoms with Gasteiger partial charge in [0.05, 0.1) is 11.3 Å². The van der Waals surface area contributed by atoms with Gasteiger partial charge < -0.3 is 0 Å². The Hall–Kier alpha value is -2.77. The Labute approximate surface area is 137 Å². The Morgan fingerprint density at radius 3 is 1.92 bits per heavy atom. The van der Waals surface area contributed by atoms with Gasteiger partial charge in [0.15, 0.2) is 23.3 Å². The Bertz CT molecular complexity index is 917. The molecule has 2 aromatic carbocycles. The Kier molecular flexibility index (Phi) is 3.07. The molecule has 128 valence electrons. The maximum Gasteiger partial charge on any atom is 0.245 e. The number of anilines is 1. The highest BCUT2D eigenvalue weighted by Gasteiger charge is 2.73. The highest BCUT2D eigenvalue weighted by molar-refractivity contribution is 6.29. The van der Waals surface area contributed by atoms with Crippen LogP contribution in [0, 0.1) is 35.0 Å². The number of hydrogen-bond donors (Lipinski definition) is 0. The molecular formula is C17H8F5NO2. The minimum atomic E-state index is -2.35. The molecule has 4 rings (SSSR count). The fourth-order valence-electron chi connectivity index (χ4n) is 3.43. The number of rotatable bonds is 2. The summed E-state index contributed by atoms with van der Waals surface area (Å²) in [5, 5.41) is 0. The van der Waals surface area contributed by atoms with E-state index in [2.05, 4.69) is 0 Å². The molecule has 1 aliphatic heterocycles. The van der Waals surface area contributed by atoms with Crippen molar-refractivity contribution in [3.63, 3.8) is 0 Å². The number of carbonyl (C=O) groups is 2. The summed E-state index contributed by atoms with van der Waals surface area (Å²) >= 11 is 0. The summed E-state index contributed by atoms with van der Waals surface area (Å²) in [4.78, 5) is 25.2. The van der Waals surface area contributed by atoms with E-state index in [4.69, 9.17) is 0 Å². The molecule has 8 heteroatoms. The summed E-state index contributed by atoms with van der Waals surface area (Å²) in [6.45, 7) is 0. The number of nitrogens with zero attached hydrogens (tertiary/aromatic N) is 1. The molecule has 25 heavy (non-hydrogen) atoms. The zero-order chi connectivity index (χ0) is 18.1. The molecule has 1 aliphatic carbocycles. The third-order valence-corrected chi connectivity index (χ3v) is 4.76. The number of piperidine rings is 1. The second kappa shape index (κ2) is 4.87. The van der Waals surface area contributed by atoms with Gasteiger partial charge >= 0.3 is 0 Å². The van der Waals surface area contributed by atoms with E-state index in [0.29, 0.717) is 5.56 Å². The molecular weight excluding hydrogens is 345 g/mol. The smallest absolute Gasteiger partial charge is 0.245 e. The number of carbonyl (C=O) groups excluding carboxylic acids is 2. The van der Waals surface area contributed by atoms with Gasteiger partial charge in [-0.2, -0.15) is 0 Å². The fraction of sp³-hybridized carbons (Fsp3) is 0.176. The topological polar surface area (TPSA) is 37.4 Å². The zero-order valence-corrected chi connectivity index (χ0v) is 12.3. The fourth-order valence-corrected chi connectivity index (χ4v) is 3.43. The van der Waals surface area contributed by atoms with E-state index in [0.717, 1.165) is 0 Å². The molecule has 2 fully saturated rings. The molecule has 0 bridgehead atoms. The van der Waals surface area contributed by atoms with Crippen molar-refractivity contribution in [3.05, 3.63) is 65.0 Å². The SMILES string of the molecule is O=C1C2CC2(c2ccccc2)C(=O)N1c1c(F)c(F)c(F)c(F)c1F. The van der Waals surface area contributed by atoms with E-state index >= 15 is 0 Å². The lowest BCUT2D eigenvalue weighted by Crippen LogP contribution is -2.38. The van der Waals surface area contributed by atoms with Gasteiger partial charge in [0.25, 0.3) is 0 Å². The largest absolute Gasteiger partial charge is 0.274 e. The van der Waals surface area contributed by atoms with Gasteiger partial charge in [-0.15, -0.1) is 0 Å². The summed E-state index contributed by atoms with van der Waals surface area (Å²) in [7, 11) is 0. The van der Waals surface area contributed by atoms with Crippen LogP contribution < -0.4 is 4.90 Å². The summed E-state index contributed by atoms with van der Waals surface area (Å²) < 4.78 is 68.0. The van der Waals surface area contributed by atoms with Crippen LogP contribution in [0.25, 0.3) is 0 Å². The molecule has 1 saturated carbocycles. The van der Waals surface area contributed by atoms with E-state index in [1.165, 1.54) is 0 Å². The normalized spacial score (nSPS) is 24.7. The van der Waals surface area contributed by atoms with E-state index in [1.807, 2.05) is 0 Å². The number of hydrogen-bond acceptors (Lipinski definition) is 2. The standard InChI is InChI=1S/C17H8F5NO2/c18-9-10(19)12(21)14(13(22)11(9)20)23-15(24)8-6-17(8,16(23)25)7-4-2-1-3-5-7/h1-5,8H,6H2. The molecule has 1 heterocycles. The molecule has 0 spiro atoms. The predicted octanol–water partition coefficient (Wildman–Crippen LogP) is 3.21. The van der Waals surface area contributed by atoms with Crippen LogP contribution in [0.15, 0.2) is 30.3 Å². The lowest BCUT2D eigenvalue weighted by Gasteiger charge is -2.21. The third kappa shape index (κ3) is 1.79. The Morgan fingerprint density at radius 2 is 1.36 bits per heavy atom. The first-order valence-electron chi connectivity index (χ1n) is 7.27. The summed E-state index contributed by atoms with van der Waals surface area (Å²) in [6.07, 6.45) is 0.139. The van der Waals surface area contributed by atoms with Gasteiger partial charge in [0, 0.05) is 0 Å². The highest BCUT2D eigenvalue weighted by Crippen LogP contribution is 2.61. The van der Waals surface area contributed by atoms with Gasteiger partial charge in [-0.1, -0.05) is 30.3 Å². The summed E-state index contributed by atoms with van der Waals surface area (Å²) in [5.41, 5.74) is -2.36. The molecule has 0 N–H and O–H groups in total. The van der Waals surface area contributed by atoms with Crippen LogP contribution in [-0.4, -0.2) is 11.8 Å². The first-order valence-corrected chi connectivity index (χ1v) is 7.27. The van der Waals surface area contributed by atoms with Crippen LogP contribution in [0.5, 0.6) is 0 Å². The number of benzene rings is 2. The van der Waals surface area contributed by atoms with Gasteiger partial charge in [0.2, 0.25) is 17.6 Å². The van der Waals surface area contributed by atoms with Crippen molar-refractivity contribution in [1.82, 2.24) is 0 Å². The second-order valence-electron chi connectivity index (χ2n) is 5.99. The van der Waals surface area contributed by atoms with E-state index < -0.39 is 57.9 Å². The average molecular weight is 353 g/mol. The summed E-state index contributed by atoms with van der Waals surface area (Å²) in [6, 6.07) is 8.08. The van der Waals surface area contributed by atoms with Gasteiger partial charge in [-0.05, 0) is 12.0 Å². The quantitative estimate of drug-likeness (QED) is 0.360. The molecule has 2 aromatic rings. The van der Waals surface area contributed by atoms with Crippen LogP contribution in [0.3, 0.4) is 0 Å². The molecule has 2 unspecified atom stereocenters. The van der Waals surface area contributed by atoms with E-state index in [1.54, 1.807) is 30.3 Å². The van der Waals surface area contributed by atoms with Crippen LogP contribution in [0.4, 0.5) is 27.6 Å². The first-order chi connectivity index (χ1) is 11.8. The Balaban J connectivity index is 1.88. The monoisotopic (exact) mass is 353 g/mol. The lowest BCUT2D eigenvalue weighted by molar-refractivity contribution is -0.124. The van der Waals surface area contributed by atoms with Gasteiger partial charge in [0.1, 0.15) is 5.69 Å². The number of amides is 2. The van der Waals surface area contributed by atoms with Crippen molar-refractivity contribution in [2.24, 2.45) is 5.92 Å². The molecule has 2 amide bonds.